The third-order valence-electron chi connectivity index (χ3n) is 2.99. The van der Waals surface area contributed by atoms with E-state index in [2.05, 4.69) is 56.0 Å². The van der Waals surface area contributed by atoms with Crippen molar-refractivity contribution in [2.45, 2.75) is 31.5 Å². The number of hydrogen-bond donors (Lipinski definition) is 1. The molecular weight excluding hydrogens is 360 g/mol. The Kier molecular flexibility index (Phi) is 6.86. The standard InChI is InChI=1S/C13H18Br2N2O/c1-3-9(4-2)11(15)8-17-13(18)12-10(14)6-5-7-16-12/h5-7,9,11H,3-4,8H2,1-2H3,(H,17,18). The average Bonchev–Trinajstić information content (AvgIpc) is 2.38. The smallest absolute Gasteiger partial charge is 0.271 e. The van der Waals surface area contributed by atoms with Crippen LogP contribution in [-0.2, 0) is 0 Å². The Morgan fingerprint density at radius 2 is 2.11 bits per heavy atom. The number of amides is 1. The number of nitrogens with one attached hydrogen (secondary N) is 1. The third-order valence-corrected chi connectivity index (χ3v) is 4.70. The number of halogens is 2. The molecule has 0 spiro atoms. The summed E-state index contributed by atoms with van der Waals surface area (Å²) in [5, 5.41) is 2.91. The summed E-state index contributed by atoms with van der Waals surface area (Å²) in [6, 6.07) is 3.60. The van der Waals surface area contributed by atoms with Crippen molar-refractivity contribution in [1.29, 1.82) is 0 Å². The lowest BCUT2D eigenvalue weighted by molar-refractivity contribution is 0.0946. The first-order valence-electron chi connectivity index (χ1n) is 6.12. The maximum absolute atomic E-state index is 11.9. The molecule has 1 N–H and O–H groups in total. The molecule has 5 heteroatoms. The van der Waals surface area contributed by atoms with Crippen LogP contribution in [0, 0.1) is 5.92 Å². The van der Waals surface area contributed by atoms with Crippen LogP contribution in [-0.4, -0.2) is 22.3 Å². The van der Waals surface area contributed by atoms with Crippen LogP contribution in [0.4, 0.5) is 0 Å². The molecule has 3 nitrogen and oxygen atoms in total. The first kappa shape index (κ1) is 15.6. The van der Waals surface area contributed by atoms with Crippen molar-refractivity contribution in [3.05, 3.63) is 28.5 Å². The maximum atomic E-state index is 11.9. The number of carbonyl (C=O) groups is 1. The molecule has 0 bridgehead atoms. The minimum absolute atomic E-state index is 0.141. The number of carbonyl (C=O) groups excluding carboxylic acids is 1. The Hall–Kier alpha value is -0.420. The first-order chi connectivity index (χ1) is 8.60. The highest BCUT2D eigenvalue weighted by molar-refractivity contribution is 9.10. The van der Waals surface area contributed by atoms with Gasteiger partial charge in [-0.3, -0.25) is 4.79 Å². The van der Waals surface area contributed by atoms with Gasteiger partial charge in [0.25, 0.3) is 5.91 Å². The molecule has 0 aromatic carbocycles. The third kappa shape index (κ3) is 4.35. The molecule has 1 aromatic heterocycles. The number of hydrogen-bond acceptors (Lipinski definition) is 2. The van der Waals surface area contributed by atoms with Gasteiger partial charge < -0.3 is 5.32 Å². The molecule has 0 saturated heterocycles. The van der Waals surface area contributed by atoms with E-state index in [4.69, 9.17) is 0 Å². The van der Waals surface area contributed by atoms with Gasteiger partial charge in [0.2, 0.25) is 0 Å². The molecule has 1 heterocycles. The lowest BCUT2D eigenvalue weighted by Crippen LogP contribution is -2.33. The topological polar surface area (TPSA) is 42.0 Å². The lowest BCUT2D eigenvalue weighted by Gasteiger charge is -2.19. The van der Waals surface area contributed by atoms with Crippen LogP contribution in [0.1, 0.15) is 37.2 Å². The molecule has 1 unspecified atom stereocenters. The van der Waals surface area contributed by atoms with Crippen molar-refractivity contribution < 1.29 is 4.79 Å². The van der Waals surface area contributed by atoms with Crippen molar-refractivity contribution in [3.63, 3.8) is 0 Å². The Labute approximate surface area is 125 Å². The first-order valence-corrected chi connectivity index (χ1v) is 7.83. The van der Waals surface area contributed by atoms with Crippen LogP contribution in [0.5, 0.6) is 0 Å². The number of aromatic nitrogens is 1. The predicted molar refractivity (Wildman–Crippen MR) is 81.1 cm³/mol. The quantitative estimate of drug-likeness (QED) is 0.766. The second-order valence-electron chi connectivity index (χ2n) is 4.14. The van der Waals surface area contributed by atoms with Crippen LogP contribution in [0.3, 0.4) is 0 Å². The van der Waals surface area contributed by atoms with Gasteiger partial charge in [-0.2, -0.15) is 0 Å². The molecule has 1 aromatic rings. The Balaban J connectivity index is 2.54. The van der Waals surface area contributed by atoms with Gasteiger partial charge in [-0.05, 0) is 34.0 Å². The molecular formula is C13H18Br2N2O. The molecule has 100 valence electrons. The van der Waals surface area contributed by atoms with Gasteiger partial charge in [0, 0.05) is 22.0 Å². The lowest BCUT2D eigenvalue weighted by atomic mass is 9.99. The van der Waals surface area contributed by atoms with Crippen molar-refractivity contribution >= 4 is 37.8 Å². The molecule has 1 amide bonds. The van der Waals surface area contributed by atoms with E-state index < -0.39 is 0 Å². The molecule has 18 heavy (non-hydrogen) atoms. The van der Waals surface area contributed by atoms with Crippen LogP contribution in [0.2, 0.25) is 0 Å². The maximum Gasteiger partial charge on any atom is 0.271 e. The highest BCUT2D eigenvalue weighted by Gasteiger charge is 2.17. The zero-order chi connectivity index (χ0) is 13.5. The number of nitrogens with zero attached hydrogens (tertiary/aromatic N) is 1. The number of alkyl halides is 1. The Morgan fingerprint density at radius 1 is 1.44 bits per heavy atom. The van der Waals surface area contributed by atoms with Crippen molar-refractivity contribution in [2.24, 2.45) is 5.92 Å². The van der Waals surface area contributed by atoms with Crippen LogP contribution >= 0.6 is 31.9 Å². The molecule has 0 aliphatic carbocycles. The number of rotatable bonds is 6. The van der Waals surface area contributed by atoms with E-state index in [0.717, 1.165) is 17.3 Å². The highest BCUT2D eigenvalue weighted by Crippen LogP contribution is 2.20. The van der Waals surface area contributed by atoms with E-state index in [0.29, 0.717) is 23.0 Å². The number of pyridine rings is 1. The summed E-state index contributed by atoms with van der Waals surface area (Å²) >= 11 is 6.96. The summed E-state index contributed by atoms with van der Waals surface area (Å²) in [6.07, 6.45) is 3.83. The van der Waals surface area contributed by atoms with E-state index in [1.54, 1.807) is 12.3 Å². The van der Waals surface area contributed by atoms with Crippen LogP contribution in [0.15, 0.2) is 22.8 Å². The Bertz CT molecular complexity index is 394. The van der Waals surface area contributed by atoms with Gasteiger partial charge >= 0.3 is 0 Å². The summed E-state index contributed by atoms with van der Waals surface area (Å²) in [5.41, 5.74) is 0.432. The molecule has 1 atom stereocenters. The highest BCUT2D eigenvalue weighted by atomic mass is 79.9. The van der Waals surface area contributed by atoms with Gasteiger partial charge in [-0.25, -0.2) is 4.98 Å². The molecule has 0 aliphatic rings. The fourth-order valence-electron chi connectivity index (χ4n) is 1.79. The molecule has 0 aliphatic heterocycles. The molecule has 0 saturated carbocycles. The van der Waals surface area contributed by atoms with Gasteiger partial charge in [0.05, 0.1) is 0 Å². The van der Waals surface area contributed by atoms with Crippen molar-refractivity contribution in [2.75, 3.05) is 6.54 Å². The van der Waals surface area contributed by atoms with Gasteiger partial charge in [0.15, 0.2) is 0 Å². The minimum Gasteiger partial charge on any atom is -0.350 e. The second-order valence-corrected chi connectivity index (χ2v) is 6.17. The van der Waals surface area contributed by atoms with E-state index >= 15 is 0 Å². The van der Waals surface area contributed by atoms with Crippen LogP contribution in [0.25, 0.3) is 0 Å². The Morgan fingerprint density at radius 3 is 2.67 bits per heavy atom. The van der Waals surface area contributed by atoms with Crippen molar-refractivity contribution in [1.82, 2.24) is 10.3 Å². The van der Waals surface area contributed by atoms with E-state index in [-0.39, 0.29) is 5.91 Å². The fourth-order valence-corrected chi connectivity index (χ4v) is 3.14. The monoisotopic (exact) mass is 376 g/mol. The molecule has 0 radical (unpaired) electrons. The van der Waals surface area contributed by atoms with Gasteiger partial charge in [-0.1, -0.05) is 42.6 Å². The normalized spacial score (nSPS) is 12.5. The largest absolute Gasteiger partial charge is 0.350 e. The van der Waals surface area contributed by atoms with Gasteiger partial charge in [-0.15, -0.1) is 0 Å². The zero-order valence-electron chi connectivity index (χ0n) is 10.6. The second kappa shape index (κ2) is 7.89. The summed E-state index contributed by atoms with van der Waals surface area (Å²) in [4.78, 5) is 16.3. The SMILES string of the molecule is CCC(CC)C(Br)CNC(=O)c1ncccc1Br. The minimum atomic E-state index is -0.141. The summed E-state index contributed by atoms with van der Waals surface area (Å²) in [5.74, 6) is 0.440. The molecule has 0 fully saturated rings. The summed E-state index contributed by atoms with van der Waals surface area (Å²) < 4.78 is 0.719. The average molecular weight is 378 g/mol. The van der Waals surface area contributed by atoms with E-state index in [1.807, 2.05) is 6.07 Å². The zero-order valence-corrected chi connectivity index (χ0v) is 13.8. The van der Waals surface area contributed by atoms with Crippen LogP contribution < -0.4 is 5.32 Å². The van der Waals surface area contributed by atoms with E-state index in [9.17, 15) is 4.79 Å². The fraction of sp³-hybridized carbons (Fsp3) is 0.538. The molecule has 1 rings (SSSR count). The van der Waals surface area contributed by atoms with E-state index in [1.165, 1.54) is 0 Å². The predicted octanol–water partition coefficient (Wildman–Crippen LogP) is 3.77. The van der Waals surface area contributed by atoms with Gasteiger partial charge in [0.1, 0.15) is 5.69 Å². The summed E-state index contributed by atoms with van der Waals surface area (Å²) in [7, 11) is 0. The van der Waals surface area contributed by atoms with Crippen molar-refractivity contribution in [3.8, 4) is 0 Å². The summed E-state index contributed by atoms with van der Waals surface area (Å²) in [6.45, 7) is 4.95.